The van der Waals surface area contributed by atoms with E-state index in [1.165, 1.54) is 5.56 Å². The summed E-state index contributed by atoms with van der Waals surface area (Å²) in [6, 6.07) is 17.0. The van der Waals surface area contributed by atoms with Gasteiger partial charge in [-0.2, -0.15) is 0 Å². The molecule has 0 unspecified atom stereocenters. The van der Waals surface area contributed by atoms with E-state index in [0.717, 1.165) is 44.2 Å². The first-order valence-corrected chi connectivity index (χ1v) is 9.34. The van der Waals surface area contributed by atoms with Crippen LogP contribution in [0.1, 0.15) is 16.1 Å². The van der Waals surface area contributed by atoms with Crippen LogP contribution in [0.25, 0.3) is 0 Å². The Kier molecular flexibility index (Phi) is 5.53. The zero-order valence-electron chi connectivity index (χ0n) is 15.5. The molecule has 0 aliphatic carbocycles. The molecule has 1 aromatic carbocycles. The van der Waals surface area contributed by atoms with Crippen LogP contribution in [0.2, 0.25) is 0 Å². The van der Waals surface area contributed by atoms with E-state index >= 15 is 0 Å². The van der Waals surface area contributed by atoms with Gasteiger partial charge in [0.15, 0.2) is 11.5 Å². The molecule has 0 bridgehead atoms. The summed E-state index contributed by atoms with van der Waals surface area (Å²) in [4.78, 5) is 21.0. The van der Waals surface area contributed by atoms with Gasteiger partial charge in [-0.1, -0.05) is 18.2 Å². The van der Waals surface area contributed by atoms with Crippen molar-refractivity contribution in [1.82, 2.24) is 20.1 Å². The highest BCUT2D eigenvalue weighted by Gasteiger charge is 2.19. The molecule has 1 aliphatic heterocycles. The second-order valence-corrected chi connectivity index (χ2v) is 6.72. The normalized spacial score (nSPS) is 14.6. The molecule has 1 fully saturated rings. The van der Waals surface area contributed by atoms with E-state index in [2.05, 4.69) is 42.4 Å². The van der Waals surface area contributed by atoms with Gasteiger partial charge in [0.1, 0.15) is 0 Å². The number of para-hydroxylation sites is 1. The first kappa shape index (κ1) is 18.1. The van der Waals surface area contributed by atoms with Crippen LogP contribution in [0.4, 0.5) is 11.5 Å². The Hall–Kier alpha value is -3.32. The molecule has 3 heterocycles. The number of aromatic nitrogens is 3. The van der Waals surface area contributed by atoms with Crippen molar-refractivity contribution in [3.05, 3.63) is 78.2 Å². The zero-order valence-corrected chi connectivity index (χ0v) is 15.5. The second kappa shape index (κ2) is 8.58. The highest BCUT2D eigenvalue weighted by molar-refractivity contribution is 6.02. The van der Waals surface area contributed by atoms with Crippen molar-refractivity contribution < 1.29 is 4.79 Å². The van der Waals surface area contributed by atoms with E-state index in [-0.39, 0.29) is 5.91 Å². The standard InChI is InChI=1S/C21H22N6O/c28-21(23-18-4-2-1-3-5-18)19-6-7-20(25-24-19)27-14-12-26(13-15-27)16-17-8-10-22-11-9-17/h1-11H,12-16H2,(H,23,28). The van der Waals surface area contributed by atoms with Crippen molar-refractivity contribution in [2.24, 2.45) is 0 Å². The van der Waals surface area contributed by atoms with Gasteiger partial charge in [0.25, 0.3) is 5.91 Å². The fourth-order valence-corrected chi connectivity index (χ4v) is 3.21. The fourth-order valence-electron chi connectivity index (χ4n) is 3.21. The Labute approximate surface area is 164 Å². The molecule has 4 rings (SSSR count). The number of rotatable bonds is 5. The Morgan fingerprint density at radius 1 is 0.893 bits per heavy atom. The number of nitrogens with one attached hydrogen (secondary N) is 1. The largest absolute Gasteiger partial charge is 0.353 e. The summed E-state index contributed by atoms with van der Waals surface area (Å²) in [6.45, 7) is 4.62. The van der Waals surface area contributed by atoms with Crippen LogP contribution in [0, 0.1) is 0 Å². The van der Waals surface area contributed by atoms with Crippen molar-refractivity contribution in [3.63, 3.8) is 0 Å². The van der Waals surface area contributed by atoms with E-state index in [9.17, 15) is 4.79 Å². The Morgan fingerprint density at radius 2 is 1.64 bits per heavy atom. The second-order valence-electron chi connectivity index (χ2n) is 6.72. The molecule has 1 aliphatic rings. The smallest absolute Gasteiger partial charge is 0.276 e. The van der Waals surface area contributed by atoms with Crippen LogP contribution in [0.3, 0.4) is 0 Å². The summed E-state index contributed by atoms with van der Waals surface area (Å²) < 4.78 is 0. The summed E-state index contributed by atoms with van der Waals surface area (Å²) in [6.07, 6.45) is 3.66. The molecular formula is C21H22N6O. The SMILES string of the molecule is O=C(Nc1ccccc1)c1ccc(N2CCN(Cc3ccncc3)CC2)nn1. The van der Waals surface area contributed by atoms with Crippen molar-refractivity contribution in [1.29, 1.82) is 0 Å². The third-order valence-corrected chi connectivity index (χ3v) is 4.77. The third kappa shape index (κ3) is 4.50. The van der Waals surface area contributed by atoms with E-state index in [1.54, 1.807) is 6.07 Å². The van der Waals surface area contributed by atoms with Gasteiger partial charge in [0.2, 0.25) is 0 Å². The van der Waals surface area contributed by atoms with Gasteiger partial charge in [-0.05, 0) is 42.0 Å². The molecule has 28 heavy (non-hydrogen) atoms. The Bertz CT molecular complexity index is 893. The molecule has 1 N–H and O–H groups in total. The summed E-state index contributed by atoms with van der Waals surface area (Å²) in [5.41, 5.74) is 2.32. The van der Waals surface area contributed by atoms with Gasteiger partial charge >= 0.3 is 0 Å². The number of hydrogen-bond acceptors (Lipinski definition) is 6. The van der Waals surface area contributed by atoms with E-state index < -0.39 is 0 Å². The van der Waals surface area contributed by atoms with Gasteiger partial charge in [-0.25, -0.2) is 0 Å². The minimum atomic E-state index is -0.257. The highest BCUT2D eigenvalue weighted by Crippen LogP contribution is 2.15. The molecule has 0 saturated carbocycles. The number of hydrogen-bond donors (Lipinski definition) is 1. The van der Waals surface area contributed by atoms with E-state index in [4.69, 9.17) is 0 Å². The van der Waals surface area contributed by atoms with Gasteiger partial charge in [-0.3, -0.25) is 14.7 Å². The fraction of sp³-hybridized carbons (Fsp3) is 0.238. The zero-order chi connectivity index (χ0) is 19.2. The lowest BCUT2D eigenvalue weighted by atomic mass is 10.2. The number of piperazine rings is 1. The molecular weight excluding hydrogens is 352 g/mol. The van der Waals surface area contributed by atoms with Crippen LogP contribution in [-0.4, -0.2) is 52.2 Å². The van der Waals surface area contributed by atoms with Crippen molar-refractivity contribution in [3.8, 4) is 0 Å². The molecule has 7 nitrogen and oxygen atoms in total. The van der Waals surface area contributed by atoms with E-state index in [1.807, 2.05) is 48.8 Å². The topological polar surface area (TPSA) is 74.2 Å². The first-order valence-electron chi connectivity index (χ1n) is 9.34. The predicted octanol–water partition coefficient (Wildman–Crippen LogP) is 2.45. The van der Waals surface area contributed by atoms with Crippen LogP contribution >= 0.6 is 0 Å². The van der Waals surface area contributed by atoms with E-state index in [0.29, 0.717) is 5.69 Å². The lowest BCUT2D eigenvalue weighted by Crippen LogP contribution is -2.46. The number of amides is 1. The Balaban J connectivity index is 1.31. The average Bonchev–Trinajstić information content (AvgIpc) is 2.76. The molecule has 1 amide bonds. The minimum Gasteiger partial charge on any atom is -0.353 e. The molecule has 3 aromatic rings. The first-order chi connectivity index (χ1) is 13.8. The quantitative estimate of drug-likeness (QED) is 0.739. The summed E-state index contributed by atoms with van der Waals surface area (Å²) >= 11 is 0. The molecule has 2 aromatic heterocycles. The number of carbonyl (C=O) groups excluding carboxylic acids is 1. The summed E-state index contributed by atoms with van der Waals surface area (Å²) in [5, 5.41) is 11.2. The number of anilines is 2. The Morgan fingerprint density at radius 3 is 2.32 bits per heavy atom. The molecule has 0 radical (unpaired) electrons. The predicted molar refractivity (Wildman–Crippen MR) is 108 cm³/mol. The highest BCUT2D eigenvalue weighted by atomic mass is 16.1. The molecule has 0 atom stereocenters. The average molecular weight is 374 g/mol. The van der Waals surface area contributed by atoms with Gasteiger partial charge in [0, 0.05) is 50.8 Å². The maximum atomic E-state index is 12.3. The third-order valence-electron chi connectivity index (χ3n) is 4.77. The van der Waals surface area contributed by atoms with Crippen LogP contribution < -0.4 is 10.2 Å². The maximum Gasteiger partial charge on any atom is 0.276 e. The molecule has 7 heteroatoms. The number of carbonyl (C=O) groups is 1. The van der Waals surface area contributed by atoms with Gasteiger partial charge in [0.05, 0.1) is 0 Å². The minimum absolute atomic E-state index is 0.257. The monoisotopic (exact) mass is 374 g/mol. The van der Waals surface area contributed by atoms with Crippen molar-refractivity contribution in [2.45, 2.75) is 6.54 Å². The van der Waals surface area contributed by atoms with Crippen molar-refractivity contribution in [2.75, 3.05) is 36.4 Å². The maximum absolute atomic E-state index is 12.3. The van der Waals surface area contributed by atoms with Crippen LogP contribution in [0.5, 0.6) is 0 Å². The summed E-state index contributed by atoms with van der Waals surface area (Å²) in [5.74, 6) is 0.548. The number of nitrogens with zero attached hydrogens (tertiary/aromatic N) is 5. The molecule has 1 saturated heterocycles. The lowest BCUT2D eigenvalue weighted by Gasteiger charge is -2.35. The van der Waals surface area contributed by atoms with Gasteiger partial charge in [-0.15, -0.1) is 10.2 Å². The van der Waals surface area contributed by atoms with Gasteiger partial charge < -0.3 is 10.2 Å². The van der Waals surface area contributed by atoms with Crippen molar-refractivity contribution >= 4 is 17.4 Å². The number of benzene rings is 1. The molecule has 0 spiro atoms. The molecule has 142 valence electrons. The van der Waals surface area contributed by atoms with Crippen LogP contribution in [-0.2, 0) is 6.54 Å². The lowest BCUT2D eigenvalue weighted by molar-refractivity contribution is 0.102. The summed E-state index contributed by atoms with van der Waals surface area (Å²) in [7, 11) is 0. The number of pyridine rings is 1. The van der Waals surface area contributed by atoms with Crippen LogP contribution in [0.15, 0.2) is 67.0 Å².